The second-order valence-corrected chi connectivity index (χ2v) is 6.58. The van der Waals surface area contributed by atoms with Crippen LogP contribution in [-0.2, 0) is 6.54 Å². The highest BCUT2D eigenvalue weighted by atomic mass is 35.5. The van der Waals surface area contributed by atoms with Crippen LogP contribution in [0.15, 0.2) is 67.4 Å². The van der Waals surface area contributed by atoms with Crippen molar-refractivity contribution in [3.63, 3.8) is 0 Å². The lowest BCUT2D eigenvalue weighted by molar-refractivity contribution is 0.412. The van der Waals surface area contributed by atoms with Crippen molar-refractivity contribution < 1.29 is 9.13 Å². The minimum atomic E-state index is -0.360. The summed E-state index contributed by atoms with van der Waals surface area (Å²) >= 11 is 6.09. The molecule has 2 aromatic heterocycles. The zero-order valence-electron chi connectivity index (χ0n) is 15.4. The van der Waals surface area contributed by atoms with Crippen molar-refractivity contribution in [2.24, 2.45) is 0 Å². The number of hydrogen-bond donors (Lipinski definition) is 0. The van der Waals surface area contributed by atoms with E-state index >= 15 is 4.39 Å². The maximum atomic E-state index is 15.4. The predicted molar refractivity (Wildman–Crippen MR) is 113 cm³/mol. The smallest absolute Gasteiger partial charge is 0.139 e. The Morgan fingerprint density at radius 1 is 1.14 bits per heavy atom. The number of methoxy groups -OCH3 is 1. The van der Waals surface area contributed by atoms with Gasteiger partial charge in [-0.05, 0) is 29.8 Å². The van der Waals surface area contributed by atoms with Crippen molar-refractivity contribution in [3.8, 4) is 28.1 Å². The lowest BCUT2D eigenvalue weighted by atomic mass is 10.0. The van der Waals surface area contributed by atoms with Gasteiger partial charge < -0.3 is 4.74 Å². The third-order valence-electron chi connectivity index (χ3n) is 4.36. The molecule has 0 aliphatic rings. The average molecular weight is 431 g/mol. The number of aromatic nitrogens is 4. The van der Waals surface area contributed by atoms with Gasteiger partial charge in [-0.25, -0.2) is 14.4 Å². The molecule has 0 bridgehead atoms. The van der Waals surface area contributed by atoms with Gasteiger partial charge in [-0.1, -0.05) is 29.8 Å². The Balaban J connectivity index is 0.00000240. The van der Waals surface area contributed by atoms with Crippen LogP contribution in [0.25, 0.3) is 22.4 Å². The molecule has 0 amide bonds. The van der Waals surface area contributed by atoms with Crippen molar-refractivity contribution in [1.29, 1.82) is 0 Å². The van der Waals surface area contributed by atoms with Gasteiger partial charge in [0.2, 0.25) is 0 Å². The van der Waals surface area contributed by atoms with Crippen LogP contribution in [0.1, 0.15) is 5.56 Å². The maximum Gasteiger partial charge on any atom is 0.139 e. The second-order valence-electron chi connectivity index (χ2n) is 6.15. The molecule has 0 aliphatic carbocycles. The first-order valence-electron chi connectivity index (χ1n) is 8.56. The summed E-state index contributed by atoms with van der Waals surface area (Å²) in [5, 5.41) is 4.86. The zero-order valence-corrected chi connectivity index (χ0v) is 17.0. The predicted octanol–water partition coefficient (Wildman–Crippen LogP) is 5.28. The van der Waals surface area contributed by atoms with Gasteiger partial charge in [0.25, 0.3) is 0 Å². The first-order chi connectivity index (χ1) is 13.7. The van der Waals surface area contributed by atoms with Crippen molar-refractivity contribution >= 4 is 24.0 Å². The zero-order chi connectivity index (χ0) is 19.5. The molecule has 4 aromatic rings. The van der Waals surface area contributed by atoms with E-state index in [2.05, 4.69) is 15.1 Å². The van der Waals surface area contributed by atoms with Gasteiger partial charge in [0, 0.05) is 28.5 Å². The fourth-order valence-corrected chi connectivity index (χ4v) is 3.22. The molecule has 0 N–H and O–H groups in total. The number of benzene rings is 2. The molecule has 4 rings (SSSR count). The minimum Gasteiger partial charge on any atom is -0.496 e. The Kier molecular flexibility index (Phi) is 6.46. The highest BCUT2D eigenvalue weighted by Crippen LogP contribution is 2.35. The quantitative estimate of drug-likeness (QED) is 0.432. The molecule has 0 saturated carbocycles. The van der Waals surface area contributed by atoms with Gasteiger partial charge >= 0.3 is 0 Å². The van der Waals surface area contributed by atoms with Crippen LogP contribution in [0, 0.1) is 5.82 Å². The fourth-order valence-electron chi connectivity index (χ4n) is 3.02. The van der Waals surface area contributed by atoms with E-state index in [1.54, 1.807) is 59.5 Å². The normalized spacial score (nSPS) is 10.4. The fraction of sp³-hybridized carbons (Fsp3) is 0.0952. The maximum absolute atomic E-state index is 15.4. The summed E-state index contributed by atoms with van der Waals surface area (Å²) in [5.41, 5.74) is 3.13. The third kappa shape index (κ3) is 4.39. The molecule has 2 heterocycles. The standard InChI is InChI=1S/C21H16ClFN4O.ClH/c1-28-19-6-5-15(21(23)20(19)14-3-2-4-17(22)9-14)11-27-12-16(10-26-27)18-7-8-24-13-25-18;/h2-10,12-13H,11H2,1H3;1H. The molecule has 0 unspecified atom stereocenters. The molecule has 148 valence electrons. The molecule has 0 atom stereocenters. The van der Waals surface area contributed by atoms with Crippen molar-refractivity contribution in [3.05, 3.63) is 83.8 Å². The lowest BCUT2D eigenvalue weighted by Gasteiger charge is -2.14. The van der Waals surface area contributed by atoms with Gasteiger partial charge in [0.05, 0.1) is 31.1 Å². The van der Waals surface area contributed by atoms with Crippen LogP contribution in [0.2, 0.25) is 5.02 Å². The van der Waals surface area contributed by atoms with E-state index in [0.717, 1.165) is 11.3 Å². The van der Waals surface area contributed by atoms with E-state index < -0.39 is 0 Å². The first kappa shape index (κ1) is 20.8. The highest BCUT2D eigenvalue weighted by molar-refractivity contribution is 6.30. The van der Waals surface area contributed by atoms with Crippen LogP contribution >= 0.6 is 24.0 Å². The number of hydrogen-bond acceptors (Lipinski definition) is 4. The van der Waals surface area contributed by atoms with E-state index in [4.69, 9.17) is 16.3 Å². The van der Waals surface area contributed by atoms with Crippen molar-refractivity contribution in [1.82, 2.24) is 19.7 Å². The topological polar surface area (TPSA) is 52.8 Å². The molecular weight excluding hydrogens is 414 g/mol. The van der Waals surface area contributed by atoms with Gasteiger partial charge in [-0.2, -0.15) is 5.10 Å². The van der Waals surface area contributed by atoms with Gasteiger partial charge in [0.15, 0.2) is 0 Å². The molecule has 0 fully saturated rings. The molecule has 0 aliphatic heterocycles. The molecule has 0 radical (unpaired) electrons. The Hall–Kier alpha value is -2.96. The van der Waals surface area contributed by atoms with E-state index in [-0.39, 0.29) is 24.8 Å². The summed E-state index contributed by atoms with van der Waals surface area (Å²) < 4.78 is 22.4. The Morgan fingerprint density at radius 2 is 2.00 bits per heavy atom. The van der Waals surface area contributed by atoms with Crippen molar-refractivity contribution in [2.45, 2.75) is 6.54 Å². The number of rotatable bonds is 5. The number of ether oxygens (including phenoxy) is 1. The largest absolute Gasteiger partial charge is 0.496 e. The molecule has 29 heavy (non-hydrogen) atoms. The van der Waals surface area contributed by atoms with Crippen LogP contribution in [0.4, 0.5) is 4.39 Å². The molecule has 0 saturated heterocycles. The van der Waals surface area contributed by atoms with Gasteiger partial charge in [-0.3, -0.25) is 4.68 Å². The minimum absolute atomic E-state index is 0. The molecule has 2 aromatic carbocycles. The lowest BCUT2D eigenvalue weighted by Crippen LogP contribution is -2.04. The van der Waals surface area contributed by atoms with Crippen LogP contribution in [-0.4, -0.2) is 26.9 Å². The van der Waals surface area contributed by atoms with Crippen LogP contribution < -0.4 is 4.74 Å². The average Bonchev–Trinajstić information content (AvgIpc) is 3.18. The summed E-state index contributed by atoms with van der Waals surface area (Å²) in [7, 11) is 1.52. The monoisotopic (exact) mass is 430 g/mol. The van der Waals surface area contributed by atoms with Crippen LogP contribution in [0.3, 0.4) is 0 Å². The Bertz CT molecular complexity index is 1120. The number of halogens is 3. The molecular formula is C21H17Cl2FN4O. The van der Waals surface area contributed by atoms with E-state index in [9.17, 15) is 0 Å². The third-order valence-corrected chi connectivity index (χ3v) is 4.60. The molecule has 8 heteroatoms. The second kappa shape index (κ2) is 9.03. The van der Waals surface area contributed by atoms with E-state index in [1.165, 1.54) is 13.4 Å². The SMILES string of the molecule is COc1ccc(Cn2cc(-c3ccncn3)cn2)c(F)c1-c1cccc(Cl)c1.Cl. The summed E-state index contributed by atoms with van der Waals surface area (Å²) in [6, 6.07) is 12.3. The molecule has 0 spiro atoms. The summed E-state index contributed by atoms with van der Waals surface area (Å²) in [5.74, 6) is 0.0892. The van der Waals surface area contributed by atoms with E-state index in [0.29, 0.717) is 27.5 Å². The number of nitrogens with zero attached hydrogens (tertiary/aromatic N) is 4. The summed E-state index contributed by atoms with van der Waals surface area (Å²) in [6.45, 7) is 0.272. The van der Waals surface area contributed by atoms with Gasteiger partial charge in [0.1, 0.15) is 17.9 Å². The van der Waals surface area contributed by atoms with Crippen LogP contribution in [0.5, 0.6) is 5.75 Å². The summed E-state index contributed by atoms with van der Waals surface area (Å²) in [4.78, 5) is 8.11. The Morgan fingerprint density at radius 3 is 2.72 bits per heavy atom. The highest BCUT2D eigenvalue weighted by Gasteiger charge is 2.17. The molecule has 5 nitrogen and oxygen atoms in total. The summed E-state index contributed by atoms with van der Waals surface area (Å²) in [6.07, 6.45) is 6.67. The van der Waals surface area contributed by atoms with Crippen molar-refractivity contribution in [2.75, 3.05) is 7.11 Å². The first-order valence-corrected chi connectivity index (χ1v) is 8.93. The van der Waals surface area contributed by atoms with E-state index in [1.807, 2.05) is 6.20 Å². The Labute approximate surface area is 178 Å². The van der Waals surface area contributed by atoms with Gasteiger partial charge in [-0.15, -0.1) is 12.4 Å².